The van der Waals surface area contributed by atoms with Crippen LogP contribution in [-0.4, -0.2) is 25.4 Å². The monoisotopic (exact) mass is 164 g/mol. The third-order valence-electron chi connectivity index (χ3n) is 0.546. The molecule has 0 aliphatic rings. The van der Waals surface area contributed by atoms with Gasteiger partial charge in [0.05, 0.1) is 5.75 Å². The maximum absolute atomic E-state index is 10.4. The normalized spacial score (nSPS) is 10.4. The minimum absolute atomic E-state index is 0.445. The van der Waals surface area contributed by atoms with Gasteiger partial charge in [0.1, 0.15) is 0 Å². The van der Waals surface area contributed by atoms with Crippen molar-refractivity contribution in [3.8, 4) is 0 Å². The molecule has 0 bridgehead atoms. The van der Waals surface area contributed by atoms with Crippen molar-refractivity contribution in [2.45, 2.75) is 0 Å². The smallest absolute Gasteiger partial charge is 0.442 e. The number of carbonyl (C=O) groups is 1. The lowest BCUT2D eigenvalue weighted by Gasteiger charge is -1.93. The molecule has 1 N–H and O–H groups in total. The molecule has 0 rings (SSSR count). The molecule has 0 spiro atoms. The van der Waals surface area contributed by atoms with Crippen LogP contribution in [-0.2, 0) is 10.0 Å². The minimum atomic E-state index is -3.82. The average molecular weight is 164 g/mol. The molecule has 0 aromatic rings. The summed E-state index contributed by atoms with van der Waals surface area (Å²) in [7, 11) is -3.82. The van der Waals surface area contributed by atoms with Gasteiger partial charge in [-0.2, -0.15) is 0 Å². The molecule has 0 saturated heterocycles. The van der Waals surface area contributed by atoms with Crippen LogP contribution in [0.4, 0.5) is 4.79 Å². The molecular formula is C4H6NO4S. The third-order valence-corrected chi connectivity index (χ3v) is 1.64. The molecule has 0 aromatic heterocycles. The first kappa shape index (κ1) is 8.96. The van der Waals surface area contributed by atoms with Gasteiger partial charge in [0.15, 0.2) is 0 Å². The van der Waals surface area contributed by atoms with E-state index in [4.69, 9.17) is 5.11 Å². The van der Waals surface area contributed by atoms with Gasteiger partial charge in [-0.3, -0.25) is 0 Å². The summed E-state index contributed by atoms with van der Waals surface area (Å²) in [5.41, 5.74) is 0. The Morgan fingerprint density at radius 3 is 2.50 bits per heavy atom. The van der Waals surface area contributed by atoms with Crippen LogP contribution in [0.15, 0.2) is 12.7 Å². The first-order valence-corrected chi connectivity index (χ1v) is 3.88. The van der Waals surface area contributed by atoms with E-state index in [2.05, 4.69) is 11.3 Å². The zero-order valence-electron chi connectivity index (χ0n) is 5.02. The van der Waals surface area contributed by atoms with Crippen molar-refractivity contribution >= 4 is 16.1 Å². The highest BCUT2D eigenvalue weighted by Gasteiger charge is 2.13. The summed E-state index contributed by atoms with van der Waals surface area (Å²) in [4.78, 5) is 9.71. The molecule has 5 nitrogen and oxygen atoms in total. The van der Waals surface area contributed by atoms with E-state index in [0.717, 1.165) is 6.08 Å². The van der Waals surface area contributed by atoms with Crippen LogP contribution in [0.1, 0.15) is 0 Å². The van der Waals surface area contributed by atoms with E-state index < -0.39 is 21.9 Å². The van der Waals surface area contributed by atoms with Crippen LogP contribution in [0.2, 0.25) is 0 Å². The molecule has 1 radical (unpaired) electrons. The lowest BCUT2D eigenvalue weighted by molar-refractivity contribution is 0.200. The first-order chi connectivity index (χ1) is 4.48. The molecule has 0 heterocycles. The maximum atomic E-state index is 10.4. The summed E-state index contributed by atoms with van der Waals surface area (Å²) in [6.07, 6.45) is -0.635. The largest absolute Gasteiger partial charge is 0.463 e. The maximum Gasteiger partial charge on any atom is 0.442 e. The zero-order chi connectivity index (χ0) is 8.20. The van der Waals surface area contributed by atoms with E-state index in [9.17, 15) is 13.2 Å². The van der Waals surface area contributed by atoms with Gasteiger partial charge >= 0.3 is 6.09 Å². The fraction of sp³-hybridized carbons (Fsp3) is 0.250. The summed E-state index contributed by atoms with van der Waals surface area (Å²) in [5, 5.41) is 7.90. The van der Waals surface area contributed by atoms with Gasteiger partial charge in [0.2, 0.25) is 0 Å². The van der Waals surface area contributed by atoms with Crippen LogP contribution in [0, 0.1) is 0 Å². The second kappa shape index (κ2) is 3.21. The highest BCUT2D eigenvalue weighted by molar-refractivity contribution is 7.90. The highest BCUT2D eigenvalue weighted by atomic mass is 32.2. The topological polar surface area (TPSA) is 85.5 Å². The van der Waals surface area contributed by atoms with Crippen molar-refractivity contribution in [1.82, 2.24) is 4.72 Å². The van der Waals surface area contributed by atoms with Crippen LogP contribution in [0.3, 0.4) is 0 Å². The molecule has 0 unspecified atom stereocenters. The SMILES string of the molecule is C=CCS(=O)(=O)[N]C(=O)O. The Labute approximate surface area is 58.4 Å². The van der Waals surface area contributed by atoms with Crippen molar-refractivity contribution in [3.05, 3.63) is 12.7 Å². The molecule has 10 heavy (non-hydrogen) atoms. The van der Waals surface area contributed by atoms with Crippen LogP contribution in [0.25, 0.3) is 0 Å². The van der Waals surface area contributed by atoms with Crippen LogP contribution >= 0.6 is 0 Å². The molecule has 0 fully saturated rings. The number of amides is 1. The number of carboxylic acid groups (broad SMARTS) is 1. The van der Waals surface area contributed by atoms with Gasteiger partial charge in [0, 0.05) is 0 Å². The van der Waals surface area contributed by atoms with Gasteiger partial charge in [0.25, 0.3) is 10.0 Å². The van der Waals surface area contributed by atoms with Crippen molar-refractivity contribution in [2.24, 2.45) is 0 Å². The van der Waals surface area contributed by atoms with Gasteiger partial charge in [-0.25, -0.2) is 13.2 Å². The lowest BCUT2D eigenvalue weighted by atomic mass is 10.8. The highest BCUT2D eigenvalue weighted by Crippen LogP contribution is 1.85. The second-order valence-corrected chi connectivity index (χ2v) is 3.09. The van der Waals surface area contributed by atoms with Crippen LogP contribution < -0.4 is 4.72 Å². The Kier molecular flexibility index (Phi) is 2.88. The quantitative estimate of drug-likeness (QED) is 0.584. The van der Waals surface area contributed by atoms with Gasteiger partial charge in [-0.1, -0.05) is 10.8 Å². The summed E-state index contributed by atoms with van der Waals surface area (Å²) in [6.45, 7) is 3.12. The average Bonchev–Trinajstić information content (AvgIpc) is 1.59. The Bertz CT molecular complexity index is 230. The molecule has 57 valence electrons. The fourth-order valence-electron chi connectivity index (χ4n) is 0.305. The Morgan fingerprint density at radius 1 is 1.70 bits per heavy atom. The summed E-state index contributed by atoms with van der Waals surface area (Å²) >= 11 is 0. The standard InChI is InChI=1S/C4H6NO4S/c1-2-3-10(8,9)5-4(6)7/h2H,1,3H2,(H,6,7). The second-order valence-electron chi connectivity index (χ2n) is 1.41. The van der Waals surface area contributed by atoms with E-state index in [0.29, 0.717) is 0 Å². The number of hydrogen-bond donors (Lipinski definition) is 1. The minimum Gasteiger partial charge on any atom is -0.463 e. The fourth-order valence-corrected chi connectivity index (χ4v) is 0.916. The van der Waals surface area contributed by atoms with Crippen molar-refractivity contribution in [3.63, 3.8) is 0 Å². The van der Waals surface area contributed by atoms with E-state index in [-0.39, 0.29) is 0 Å². The third kappa shape index (κ3) is 3.90. The van der Waals surface area contributed by atoms with E-state index >= 15 is 0 Å². The molecule has 1 amide bonds. The van der Waals surface area contributed by atoms with E-state index in [1.165, 1.54) is 0 Å². The Morgan fingerprint density at radius 2 is 2.20 bits per heavy atom. The molecule has 6 heteroatoms. The number of sulfonamides is 1. The van der Waals surface area contributed by atoms with E-state index in [1.54, 1.807) is 0 Å². The van der Waals surface area contributed by atoms with Gasteiger partial charge in [-0.05, 0) is 0 Å². The van der Waals surface area contributed by atoms with Crippen molar-refractivity contribution < 1.29 is 18.3 Å². The summed E-state index contributed by atoms with van der Waals surface area (Å²) in [5.74, 6) is -0.445. The number of hydrogen-bond acceptors (Lipinski definition) is 3. The number of rotatable bonds is 3. The van der Waals surface area contributed by atoms with Crippen LogP contribution in [0.5, 0.6) is 0 Å². The molecule has 0 aliphatic heterocycles. The van der Waals surface area contributed by atoms with Gasteiger partial charge < -0.3 is 5.11 Å². The molecule has 0 aliphatic carbocycles. The summed E-state index contributed by atoms with van der Waals surface area (Å²) < 4.78 is 23.3. The Hall–Kier alpha value is -1.04. The summed E-state index contributed by atoms with van der Waals surface area (Å²) in [6, 6.07) is 0. The molecule has 0 atom stereocenters. The molecular weight excluding hydrogens is 158 g/mol. The van der Waals surface area contributed by atoms with Gasteiger partial charge in [-0.15, -0.1) is 6.58 Å². The molecule has 0 saturated carbocycles. The number of nitrogens with zero attached hydrogens (tertiary/aromatic N) is 1. The first-order valence-electron chi connectivity index (χ1n) is 2.27. The van der Waals surface area contributed by atoms with Crippen molar-refractivity contribution in [1.29, 1.82) is 0 Å². The predicted molar refractivity (Wildman–Crippen MR) is 34.1 cm³/mol. The molecule has 0 aromatic carbocycles. The van der Waals surface area contributed by atoms with E-state index in [1.807, 2.05) is 0 Å². The zero-order valence-corrected chi connectivity index (χ0v) is 5.84. The predicted octanol–water partition coefficient (Wildman–Crippen LogP) is -0.215. The lowest BCUT2D eigenvalue weighted by Crippen LogP contribution is -2.23. The van der Waals surface area contributed by atoms with Crippen molar-refractivity contribution in [2.75, 3.05) is 5.75 Å². The Balaban J connectivity index is 4.14.